The number of azo groups is 3. The quantitative estimate of drug-likeness (QED) is 0.0424. The van der Waals surface area contributed by atoms with E-state index in [2.05, 4.69) is 30.7 Å². The van der Waals surface area contributed by atoms with Gasteiger partial charge < -0.3 is 20.4 Å². The Kier molecular flexibility index (Phi) is 12.1. The highest BCUT2D eigenvalue weighted by atomic mass is 32.2. The molecular formula is C37H24N6O20S5. The Morgan fingerprint density at radius 2 is 0.897 bits per heavy atom. The summed E-state index contributed by atoms with van der Waals surface area (Å²) in [6.45, 7) is 0. The molecule has 0 fully saturated rings. The Hall–Kier alpha value is -7.46. The van der Waals surface area contributed by atoms with Crippen LogP contribution in [0.2, 0.25) is 0 Å². The van der Waals surface area contributed by atoms with Crippen LogP contribution in [0.1, 0.15) is 10.4 Å². The van der Waals surface area contributed by atoms with E-state index in [0.717, 1.165) is 66.7 Å². The highest BCUT2D eigenvalue weighted by Gasteiger charge is 2.27. The first kappa shape index (κ1) is 48.5. The van der Waals surface area contributed by atoms with Crippen LogP contribution in [0.15, 0.2) is 146 Å². The van der Waals surface area contributed by atoms with Crippen molar-refractivity contribution in [1.82, 2.24) is 0 Å². The minimum atomic E-state index is -5.24. The molecule has 26 nitrogen and oxygen atoms in total. The zero-order valence-electron chi connectivity index (χ0n) is 32.9. The smallest absolute Gasteiger partial charge is 0.338 e. The number of rotatable bonds is 12. The molecule has 0 spiro atoms. The number of fused-ring (bicyclic) bond motifs is 3. The molecular weight excluding hydrogens is 1010 g/mol. The van der Waals surface area contributed by atoms with E-state index in [9.17, 15) is 90.1 Å². The molecule has 352 valence electrons. The summed E-state index contributed by atoms with van der Waals surface area (Å²) in [7, 11) is -25.2. The Bertz CT molecular complexity index is 4060. The minimum absolute atomic E-state index is 0.0168. The van der Waals surface area contributed by atoms with Gasteiger partial charge in [0.1, 0.15) is 32.7 Å². The molecule has 31 heteroatoms. The van der Waals surface area contributed by atoms with Crippen molar-refractivity contribution >= 4 is 123 Å². The fourth-order valence-corrected chi connectivity index (χ4v) is 9.29. The van der Waals surface area contributed by atoms with Gasteiger partial charge in [0.2, 0.25) is 0 Å². The molecule has 0 amide bonds. The van der Waals surface area contributed by atoms with Crippen molar-refractivity contribution in [2.45, 2.75) is 24.5 Å². The summed E-state index contributed by atoms with van der Waals surface area (Å²) in [5.41, 5.74) is -2.76. The van der Waals surface area contributed by atoms with Crippen molar-refractivity contribution in [1.29, 1.82) is 0 Å². The van der Waals surface area contributed by atoms with E-state index >= 15 is 0 Å². The van der Waals surface area contributed by atoms with Crippen LogP contribution in [-0.2, 0) is 50.6 Å². The van der Waals surface area contributed by atoms with Crippen LogP contribution < -0.4 is 0 Å². The average molecular weight is 1030 g/mol. The van der Waals surface area contributed by atoms with Crippen LogP contribution >= 0.6 is 0 Å². The number of aromatic carboxylic acids is 1. The first-order valence-corrected chi connectivity index (χ1v) is 25.0. The molecule has 0 aliphatic heterocycles. The van der Waals surface area contributed by atoms with Gasteiger partial charge in [0, 0.05) is 22.2 Å². The van der Waals surface area contributed by atoms with Crippen LogP contribution in [0.25, 0.3) is 32.3 Å². The molecule has 68 heavy (non-hydrogen) atoms. The fraction of sp³-hybridized carbons (Fsp3) is 0. The zero-order chi connectivity index (χ0) is 50.1. The van der Waals surface area contributed by atoms with Crippen LogP contribution in [0, 0.1) is 0 Å². The Morgan fingerprint density at radius 3 is 1.47 bits per heavy atom. The standard InChI is InChI=1S/C37H24N6O20S5/c44-30-14-20(66(55,56)57)10-16-9-19(65(52,53)54)13-28(33(16)30)42-38-17-1-5-27(24(11-17)37(47)48)41-39-25-6-7-26(23-12-18(64(49,50)51)2-3-21(23)25)40-43-29-15-32(68(61,62)63)35(45)22-4-8-31(67(58,59)60)36(46)34(22)29/h1-15,44-46H,(H,47,48)(H,49,50,51)(H,52,53,54)(H,55,56,57)(H,58,59,60)(H,61,62,63). The van der Waals surface area contributed by atoms with Crippen molar-refractivity contribution in [2.75, 3.05) is 0 Å². The largest absolute Gasteiger partial charge is 0.507 e. The van der Waals surface area contributed by atoms with Crippen molar-refractivity contribution in [3.63, 3.8) is 0 Å². The van der Waals surface area contributed by atoms with Gasteiger partial charge in [0.15, 0.2) is 0 Å². The van der Waals surface area contributed by atoms with Crippen molar-refractivity contribution in [3.05, 3.63) is 96.6 Å². The normalized spacial score (nSPS) is 13.2. The SMILES string of the molecule is O=C(O)c1cc(N=Nc2cc(S(=O)(=O)O)cc3cc(S(=O)(=O)O)cc(O)c23)ccc1N=Nc1ccc(N=Nc2cc(S(=O)(=O)O)c(O)c3ccc(S(=O)(=O)O)c(O)c23)c2cc(S(=O)(=O)O)ccc12. The maximum atomic E-state index is 12.4. The number of benzene rings is 7. The molecule has 0 atom stereocenters. The number of aromatic hydroxyl groups is 3. The topological polar surface area (TPSA) is 444 Å². The fourth-order valence-electron chi connectivity index (χ4n) is 6.51. The molecule has 0 saturated carbocycles. The predicted molar refractivity (Wildman–Crippen MR) is 232 cm³/mol. The van der Waals surface area contributed by atoms with E-state index in [0.29, 0.717) is 18.2 Å². The van der Waals surface area contributed by atoms with Gasteiger partial charge in [0.25, 0.3) is 50.6 Å². The van der Waals surface area contributed by atoms with E-state index in [4.69, 9.17) is 0 Å². The third kappa shape index (κ3) is 9.67. The van der Waals surface area contributed by atoms with Gasteiger partial charge in [-0.3, -0.25) is 22.8 Å². The number of carboxylic acid groups (broad SMARTS) is 1. The molecule has 0 unspecified atom stereocenters. The second kappa shape index (κ2) is 17.0. The van der Waals surface area contributed by atoms with E-state index in [1.54, 1.807) is 0 Å². The Balaban J connectivity index is 1.32. The molecule has 0 aliphatic rings. The third-order valence-electron chi connectivity index (χ3n) is 9.51. The summed E-state index contributed by atoms with van der Waals surface area (Å²) in [6.07, 6.45) is 0. The van der Waals surface area contributed by atoms with Crippen LogP contribution in [0.3, 0.4) is 0 Å². The summed E-state index contributed by atoms with van der Waals surface area (Å²) in [6, 6.07) is 13.2. The molecule has 0 radical (unpaired) electrons. The van der Waals surface area contributed by atoms with E-state index in [-0.39, 0.29) is 44.3 Å². The van der Waals surface area contributed by atoms with Gasteiger partial charge in [-0.2, -0.15) is 47.2 Å². The van der Waals surface area contributed by atoms with E-state index in [1.165, 1.54) is 6.07 Å². The lowest BCUT2D eigenvalue weighted by Crippen LogP contribution is -2.01. The second-order valence-corrected chi connectivity index (χ2v) is 20.9. The lowest BCUT2D eigenvalue weighted by molar-refractivity contribution is 0.0697. The number of hydrogen-bond donors (Lipinski definition) is 9. The van der Waals surface area contributed by atoms with Crippen molar-refractivity contribution in [2.24, 2.45) is 30.7 Å². The van der Waals surface area contributed by atoms with Crippen molar-refractivity contribution in [3.8, 4) is 17.2 Å². The summed E-state index contributed by atoms with van der Waals surface area (Å²) in [4.78, 5) is 7.73. The minimum Gasteiger partial charge on any atom is -0.507 e. The van der Waals surface area contributed by atoms with Gasteiger partial charge in [-0.15, -0.1) is 25.6 Å². The van der Waals surface area contributed by atoms with Crippen molar-refractivity contribution < 1.29 is 90.1 Å². The Morgan fingerprint density at radius 1 is 0.397 bits per heavy atom. The predicted octanol–water partition coefficient (Wildman–Crippen LogP) is 7.44. The summed E-state index contributed by atoms with van der Waals surface area (Å²) < 4.78 is 168. The third-order valence-corrected chi connectivity index (χ3v) is 13.8. The van der Waals surface area contributed by atoms with Gasteiger partial charge >= 0.3 is 5.97 Å². The second-order valence-electron chi connectivity index (χ2n) is 13.9. The van der Waals surface area contributed by atoms with Crippen LogP contribution in [0.4, 0.5) is 34.1 Å². The molecule has 0 heterocycles. The molecule has 7 aromatic carbocycles. The molecule has 7 rings (SSSR count). The zero-order valence-corrected chi connectivity index (χ0v) is 37.0. The molecule has 0 aliphatic carbocycles. The first-order chi connectivity index (χ1) is 31.4. The summed E-state index contributed by atoms with van der Waals surface area (Å²) in [5.74, 6) is -4.82. The lowest BCUT2D eigenvalue weighted by Gasteiger charge is -2.12. The van der Waals surface area contributed by atoms with Gasteiger partial charge in [-0.1, -0.05) is 6.07 Å². The summed E-state index contributed by atoms with van der Waals surface area (Å²) in [5, 5.41) is 63.6. The number of nitrogens with zero attached hydrogens (tertiary/aromatic N) is 6. The maximum absolute atomic E-state index is 12.4. The number of phenolic OH excluding ortho intramolecular Hbond substituents is 3. The molecule has 7 aromatic rings. The average Bonchev–Trinajstić information content (AvgIpc) is 3.22. The molecule has 9 N–H and O–H groups in total. The van der Waals surface area contributed by atoms with Crippen LogP contribution in [0.5, 0.6) is 17.2 Å². The molecule has 0 saturated heterocycles. The highest BCUT2D eigenvalue weighted by molar-refractivity contribution is 7.87. The number of hydrogen-bond acceptors (Lipinski definition) is 20. The number of carboxylic acids is 1. The molecule has 0 aromatic heterocycles. The van der Waals surface area contributed by atoms with Crippen LogP contribution in [-0.4, -0.2) is 91.2 Å². The highest BCUT2D eigenvalue weighted by Crippen LogP contribution is 2.46. The monoisotopic (exact) mass is 1030 g/mol. The van der Waals surface area contributed by atoms with E-state index in [1.807, 2.05) is 0 Å². The van der Waals surface area contributed by atoms with E-state index < -0.39 is 126 Å². The summed E-state index contributed by atoms with van der Waals surface area (Å²) >= 11 is 0. The van der Waals surface area contributed by atoms with Gasteiger partial charge in [-0.25, -0.2) is 4.79 Å². The number of phenols is 3. The number of carbonyl (C=O) groups is 1. The first-order valence-electron chi connectivity index (χ1n) is 17.8. The lowest BCUT2D eigenvalue weighted by atomic mass is 10.1. The molecule has 0 bridgehead atoms. The maximum Gasteiger partial charge on any atom is 0.338 e. The Labute approximate surface area is 380 Å². The van der Waals surface area contributed by atoms with Gasteiger partial charge in [0.05, 0.1) is 59.5 Å². The van der Waals surface area contributed by atoms with Gasteiger partial charge in [-0.05, 0) is 84.2 Å².